The average Bonchev–Trinajstić information content (AvgIpc) is 3.46. The predicted molar refractivity (Wildman–Crippen MR) is 137 cm³/mol. The number of benzene rings is 2. The molecule has 1 fully saturated rings. The van der Waals surface area contributed by atoms with Crippen LogP contribution in [-0.2, 0) is 13.1 Å². The average molecular weight is 455 g/mol. The van der Waals surface area contributed by atoms with Gasteiger partial charge >= 0.3 is 0 Å². The van der Waals surface area contributed by atoms with E-state index in [-0.39, 0.29) is 5.95 Å². The van der Waals surface area contributed by atoms with Crippen molar-refractivity contribution in [2.24, 2.45) is 4.99 Å². The molecule has 0 bridgehead atoms. The number of aliphatic imine (C=N–C) groups is 1. The summed E-state index contributed by atoms with van der Waals surface area (Å²) in [5.41, 5.74) is 11.8. The summed E-state index contributed by atoms with van der Waals surface area (Å²) in [5, 5.41) is 4.70. The second-order valence-electron chi connectivity index (χ2n) is 8.81. The minimum absolute atomic E-state index is 0.257. The summed E-state index contributed by atoms with van der Waals surface area (Å²) in [6, 6.07) is 15.4. The zero-order valence-corrected chi connectivity index (χ0v) is 19.2. The summed E-state index contributed by atoms with van der Waals surface area (Å²) in [7, 11) is 0. The minimum atomic E-state index is 0.257. The van der Waals surface area contributed by atoms with E-state index in [0.717, 1.165) is 24.3 Å². The first kappa shape index (κ1) is 20.3. The highest BCUT2D eigenvalue weighted by atomic mass is 32.1. The van der Waals surface area contributed by atoms with Gasteiger partial charge < -0.3 is 11.1 Å². The van der Waals surface area contributed by atoms with Gasteiger partial charge in [0, 0.05) is 39.8 Å². The maximum atomic E-state index is 5.75. The summed E-state index contributed by atoms with van der Waals surface area (Å²) in [5.74, 6) is 0.940. The van der Waals surface area contributed by atoms with Gasteiger partial charge in [-0.25, -0.2) is 4.98 Å². The Morgan fingerprint density at radius 2 is 1.94 bits per heavy atom. The molecule has 2 aliphatic heterocycles. The molecule has 0 spiro atoms. The second kappa shape index (κ2) is 8.57. The highest BCUT2D eigenvalue weighted by molar-refractivity contribution is 7.22. The molecule has 0 aliphatic carbocycles. The number of nitrogens with zero attached hydrogens (tertiary/aromatic N) is 4. The van der Waals surface area contributed by atoms with E-state index in [0.29, 0.717) is 5.82 Å². The van der Waals surface area contributed by atoms with E-state index in [1.165, 1.54) is 64.0 Å². The Morgan fingerprint density at radius 3 is 2.82 bits per heavy atom. The Morgan fingerprint density at radius 1 is 1.03 bits per heavy atom. The van der Waals surface area contributed by atoms with E-state index in [1.807, 2.05) is 23.6 Å². The highest BCUT2D eigenvalue weighted by Gasteiger charge is 2.18. The number of thiophene rings is 1. The summed E-state index contributed by atoms with van der Waals surface area (Å²) in [6.07, 6.45) is 7.64. The molecule has 1 saturated heterocycles. The molecule has 0 amide bonds. The molecule has 2 aromatic heterocycles. The summed E-state index contributed by atoms with van der Waals surface area (Å²) < 4.78 is 1.32. The second-order valence-corrected chi connectivity index (χ2v) is 9.89. The van der Waals surface area contributed by atoms with E-state index < -0.39 is 0 Å². The van der Waals surface area contributed by atoms with E-state index in [2.05, 4.69) is 61.6 Å². The number of piperidine rings is 1. The number of hydrogen-bond acceptors (Lipinski definition) is 7. The van der Waals surface area contributed by atoms with Crippen molar-refractivity contribution in [1.82, 2.24) is 14.9 Å². The van der Waals surface area contributed by atoms with Crippen molar-refractivity contribution < 1.29 is 0 Å². The van der Waals surface area contributed by atoms with Crippen molar-refractivity contribution in [3.05, 3.63) is 65.4 Å². The molecule has 7 heteroatoms. The van der Waals surface area contributed by atoms with Gasteiger partial charge in [0.1, 0.15) is 5.82 Å². The van der Waals surface area contributed by atoms with Crippen LogP contribution in [0.5, 0.6) is 0 Å². The molecule has 6 rings (SSSR count). The van der Waals surface area contributed by atoms with E-state index in [4.69, 9.17) is 5.73 Å². The molecule has 166 valence electrons. The van der Waals surface area contributed by atoms with Crippen LogP contribution in [0.3, 0.4) is 0 Å². The third-order valence-electron chi connectivity index (χ3n) is 6.41. The lowest BCUT2D eigenvalue weighted by molar-refractivity contribution is 0.221. The van der Waals surface area contributed by atoms with Gasteiger partial charge in [0.25, 0.3) is 0 Å². The van der Waals surface area contributed by atoms with Crippen LogP contribution in [-0.4, -0.2) is 34.2 Å². The lowest BCUT2D eigenvalue weighted by atomic mass is 10.00. The number of aromatic nitrogens is 2. The van der Waals surface area contributed by atoms with Crippen molar-refractivity contribution in [3.63, 3.8) is 0 Å². The van der Waals surface area contributed by atoms with Crippen LogP contribution in [0.2, 0.25) is 0 Å². The molecular weight excluding hydrogens is 428 g/mol. The number of fused-ring (bicyclic) bond motifs is 2. The number of hydrogen-bond donors (Lipinski definition) is 2. The highest BCUT2D eigenvalue weighted by Crippen LogP contribution is 2.39. The molecule has 0 unspecified atom stereocenters. The van der Waals surface area contributed by atoms with Gasteiger partial charge in [0.15, 0.2) is 0 Å². The predicted octanol–water partition coefficient (Wildman–Crippen LogP) is 5.60. The fourth-order valence-corrected chi connectivity index (χ4v) is 5.89. The van der Waals surface area contributed by atoms with Gasteiger partial charge in [0.2, 0.25) is 5.95 Å². The van der Waals surface area contributed by atoms with Crippen molar-refractivity contribution in [2.45, 2.75) is 32.4 Å². The minimum Gasteiger partial charge on any atom is -0.368 e. The molecule has 2 aliphatic rings. The number of nitrogen functional groups attached to an aromatic ring is 1. The Bertz CT molecular complexity index is 1350. The van der Waals surface area contributed by atoms with Gasteiger partial charge in [-0.1, -0.05) is 12.5 Å². The van der Waals surface area contributed by atoms with E-state index in [1.54, 1.807) is 6.20 Å². The number of anilines is 3. The van der Waals surface area contributed by atoms with E-state index >= 15 is 0 Å². The summed E-state index contributed by atoms with van der Waals surface area (Å²) >= 11 is 1.85. The van der Waals surface area contributed by atoms with Crippen LogP contribution in [0.1, 0.15) is 36.0 Å². The fourth-order valence-electron chi connectivity index (χ4n) is 4.80. The molecule has 3 N–H and O–H groups in total. The Kier molecular flexibility index (Phi) is 5.28. The van der Waals surface area contributed by atoms with Crippen LogP contribution < -0.4 is 11.1 Å². The first-order valence-electron chi connectivity index (χ1n) is 11.5. The van der Waals surface area contributed by atoms with Crippen molar-refractivity contribution in [1.29, 1.82) is 0 Å². The third kappa shape index (κ3) is 4.21. The van der Waals surface area contributed by atoms with Crippen molar-refractivity contribution in [2.75, 3.05) is 24.1 Å². The van der Waals surface area contributed by atoms with Crippen LogP contribution in [0.4, 0.5) is 17.5 Å². The zero-order chi connectivity index (χ0) is 22.2. The Balaban J connectivity index is 1.33. The molecule has 4 heterocycles. The topological polar surface area (TPSA) is 79.4 Å². The Labute approximate surface area is 197 Å². The maximum Gasteiger partial charge on any atom is 0.221 e. The van der Waals surface area contributed by atoms with Crippen LogP contribution in [0, 0.1) is 0 Å². The standard InChI is InChI=1S/C26H26N6S/c27-26-29-7-6-25(31-26)30-20-11-19-14-28-15-22(19)21(13-20)24-12-18-10-17(4-5-23(18)33-24)16-32-8-2-1-3-9-32/h4-7,10-14H,1-3,8-9,15-16H2,(H3,27,29,30,31). The smallest absolute Gasteiger partial charge is 0.221 e. The number of rotatable bonds is 5. The van der Waals surface area contributed by atoms with Gasteiger partial charge in [-0.05, 0) is 84.4 Å². The van der Waals surface area contributed by atoms with Gasteiger partial charge in [-0.2, -0.15) is 4.98 Å². The summed E-state index contributed by atoms with van der Waals surface area (Å²) in [6.45, 7) is 4.21. The zero-order valence-electron chi connectivity index (χ0n) is 18.4. The number of nitrogens with two attached hydrogens (primary N) is 1. The quantitative estimate of drug-likeness (QED) is 0.410. The van der Waals surface area contributed by atoms with Gasteiger partial charge in [-0.3, -0.25) is 9.89 Å². The molecule has 6 nitrogen and oxygen atoms in total. The first-order valence-corrected chi connectivity index (χ1v) is 12.3. The largest absolute Gasteiger partial charge is 0.368 e. The van der Waals surface area contributed by atoms with E-state index in [9.17, 15) is 0 Å². The first-order chi connectivity index (χ1) is 16.2. The van der Waals surface area contributed by atoms with Gasteiger partial charge in [-0.15, -0.1) is 11.3 Å². The lowest BCUT2D eigenvalue weighted by Crippen LogP contribution is -2.28. The van der Waals surface area contributed by atoms with Crippen LogP contribution in [0.15, 0.2) is 53.7 Å². The number of likely N-dealkylation sites (tertiary alicyclic amines) is 1. The third-order valence-corrected chi connectivity index (χ3v) is 7.56. The normalized spacial score (nSPS) is 15.8. The van der Waals surface area contributed by atoms with Crippen molar-refractivity contribution in [3.8, 4) is 10.4 Å². The SMILES string of the molecule is Nc1nccc(Nc2cc3c(c(-c4cc5cc(CN6CCCCC6)ccc5s4)c2)CN=C3)n1. The summed E-state index contributed by atoms with van der Waals surface area (Å²) in [4.78, 5) is 16.6. The molecular formula is C26H26N6S. The molecule has 0 radical (unpaired) electrons. The number of nitrogens with one attached hydrogen (secondary N) is 1. The van der Waals surface area contributed by atoms with Crippen molar-refractivity contribution >= 4 is 45.1 Å². The molecule has 0 saturated carbocycles. The van der Waals surface area contributed by atoms with Gasteiger partial charge in [0.05, 0.1) is 6.54 Å². The maximum absolute atomic E-state index is 5.75. The van der Waals surface area contributed by atoms with Crippen LogP contribution in [0.25, 0.3) is 20.5 Å². The lowest BCUT2D eigenvalue weighted by Gasteiger charge is -2.26. The molecule has 33 heavy (non-hydrogen) atoms. The fraction of sp³-hybridized carbons (Fsp3) is 0.269. The molecule has 4 aromatic rings. The Hall–Kier alpha value is -3.29. The molecule has 0 atom stereocenters. The monoisotopic (exact) mass is 454 g/mol. The van der Waals surface area contributed by atoms with Crippen LogP contribution >= 0.6 is 11.3 Å². The molecule has 2 aromatic carbocycles.